The van der Waals surface area contributed by atoms with Gasteiger partial charge in [-0.2, -0.15) is 0 Å². The van der Waals surface area contributed by atoms with Crippen LogP contribution >= 0.6 is 0 Å². The molecule has 0 aliphatic carbocycles. The molecule has 0 aromatic carbocycles. The van der Waals surface area contributed by atoms with Crippen LogP contribution in [0.4, 0.5) is 0 Å². The van der Waals surface area contributed by atoms with E-state index < -0.39 is 0 Å². The maximum absolute atomic E-state index is 0. The summed E-state index contributed by atoms with van der Waals surface area (Å²) in [5, 5.41) is 0. The summed E-state index contributed by atoms with van der Waals surface area (Å²) in [6.07, 6.45) is 0. The molecule has 0 amide bonds. The Hall–Kier alpha value is 4.16. The molecule has 0 atom stereocenters. The van der Waals surface area contributed by atoms with Gasteiger partial charge in [0.25, 0.3) is 0 Å². The van der Waals surface area contributed by atoms with Crippen LogP contribution in [0.1, 0.15) is 0 Å². The van der Waals surface area contributed by atoms with Crippen LogP contribution in [-0.2, 0) is 129 Å². The molecule has 0 aliphatic rings. The Morgan fingerprint density at radius 2 is 0.176 bits per heavy atom. The first kappa shape index (κ1) is 498. The maximum atomic E-state index is 0. The molecule has 0 heterocycles. The molecule has 0 aromatic heterocycles. The van der Waals surface area contributed by atoms with E-state index in [1.54, 1.807) is 0 Å². The molecular weight excluding hydrogens is 1060 g/mol. The summed E-state index contributed by atoms with van der Waals surface area (Å²) in [6.45, 7) is 0. The van der Waals surface area contributed by atoms with Crippen molar-refractivity contribution in [3.05, 3.63) is 0 Å². The third kappa shape index (κ3) is 385. The van der Waals surface area contributed by atoms with Gasteiger partial charge in [0.15, 0.2) is 0 Å². The van der Waals surface area contributed by atoms with Gasteiger partial charge >= 0.3 is 77.2 Å². The predicted molar refractivity (Wildman–Crippen MR) is 8.24 cm³/mol. The molecule has 126 valence electrons. The summed E-state index contributed by atoms with van der Waals surface area (Å²) >= 11 is 0. The smallest absolute Gasteiger partial charge is 2.00 e. The molecule has 17 heavy (non-hydrogen) atoms. The van der Waals surface area contributed by atoms with E-state index in [0.717, 1.165) is 0 Å². The van der Waals surface area contributed by atoms with E-state index in [0.29, 0.717) is 0 Å². The second-order valence-electron chi connectivity index (χ2n) is 0. The standard InChI is InChI=1S/12O.2Tb.3W/q12*-2;2*+3;;;. The molecule has 0 radical (unpaired) electrons. The third-order valence-corrected chi connectivity index (χ3v) is 0. The zero-order valence-electron chi connectivity index (χ0n) is 6.79. The second-order valence-corrected chi connectivity index (χ2v) is 0. The fraction of sp³-hybridized carbons (Fsp3) is 0. The van der Waals surface area contributed by atoms with Crippen LogP contribution in [0.2, 0.25) is 0 Å². The molecule has 0 aliphatic heterocycles. The summed E-state index contributed by atoms with van der Waals surface area (Å²) < 4.78 is 0. The van der Waals surface area contributed by atoms with E-state index in [4.69, 9.17) is 0 Å². The largest absolute Gasteiger partial charge is 3.00 e. The SMILES string of the molecule is [O-2].[O-2].[O-2].[O-2].[O-2].[O-2].[O-2].[O-2].[O-2].[O-2].[O-2].[O-2].[Tb+3].[Tb+3].[W].[W].[W]. The minimum atomic E-state index is 0. The third-order valence-electron chi connectivity index (χ3n) is 0. The summed E-state index contributed by atoms with van der Waals surface area (Å²) in [5.74, 6) is 0. The fourth-order valence-corrected chi connectivity index (χ4v) is 0. The molecule has 0 saturated heterocycles. The number of rotatable bonds is 0. The van der Waals surface area contributed by atoms with Crippen LogP contribution in [0, 0.1) is 77.2 Å². The van der Waals surface area contributed by atoms with Crippen LogP contribution in [0.5, 0.6) is 0 Å². The first-order valence-corrected chi connectivity index (χ1v) is 0. The Labute approximate surface area is 202 Å². The van der Waals surface area contributed by atoms with Gasteiger partial charge in [0.05, 0.1) is 0 Å². The minimum absolute atomic E-state index is 0. The number of hydrogen-bond donors (Lipinski definition) is 0. The van der Waals surface area contributed by atoms with E-state index in [2.05, 4.69) is 0 Å². The molecule has 0 rings (SSSR count). The van der Waals surface area contributed by atoms with Gasteiger partial charge in [0.2, 0.25) is 0 Å². The van der Waals surface area contributed by atoms with Crippen LogP contribution in [0.3, 0.4) is 0 Å². The van der Waals surface area contributed by atoms with Crippen molar-refractivity contribution in [2.75, 3.05) is 0 Å². The van der Waals surface area contributed by atoms with Gasteiger partial charge < -0.3 is 65.7 Å². The van der Waals surface area contributed by atoms with Crippen molar-refractivity contribution in [1.29, 1.82) is 0 Å². The van der Waals surface area contributed by atoms with Crippen molar-refractivity contribution in [3.63, 3.8) is 0 Å². The maximum Gasteiger partial charge on any atom is 3.00 e. The second kappa shape index (κ2) is 428. The van der Waals surface area contributed by atoms with E-state index in [-0.39, 0.29) is 206 Å². The molecule has 0 bridgehead atoms. The summed E-state index contributed by atoms with van der Waals surface area (Å²) in [5.41, 5.74) is 0. The Kier molecular flexibility index (Phi) is 12500. The Morgan fingerprint density at radius 3 is 0.176 bits per heavy atom. The molecule has 0 N–H and O–H groups in total. The molecule has 0 spiro atoms. The van der Waals surface area contributed by atoms with Crippen molar-refractivity contribution >= 4 is 0 Å². The fourth-order valence-electron chi connectivity index (χ4n) is 0. The summed E-state index contributed by atoms with van der Waals surface area (Å²) in [6, 6.07) is 0. The molecule has 12 nitrogen and oxygen atoms in total. The van der Waals surface area contributed by atoms with Gasteiger partial charge in [0, 0.05) is 63.2 Å². The molecule has 17 heteroatoms. The van der Waals surface area contributed by atoms with E-state index in [1.807, 2.05) is 0 Å². The van der Waals surface area contributed by atoms with Crippen LogP contribution < -0.4 is 0 Å². The van der Waals surface area contributed by atoms with Gasteiger partial charge in [0.1, 0.15) is 0 Å². The summed E-state index contributed by atoms with van der Waals surface area (Å²) in [7, 11) is 0. The first-order valence-electron chi connectivity index (χ1n) is 0. The van der Waals surface area contributed by atoms with Crippen LogP contribution in [-0.4, -0.2) is 0 Å². The monoisotopic (exact) mass is 1060 g/mol. The minimum Gasteiger partial charge on any atom is -2.00 e. The molecular formula is O12Tb2W3-18. The van der Waals surface area contributed by atoms with Gasteiger partial charge in [-0.1, -0.05) is 0 Å². The van der Waals surface area contributed by atoms with Crippen molar-refractivity contribution in [2.45, 2.75) is 0 Å². The predicted octanol–water partition coefficient (Wildman–Crippen LogP) is -1.43. The van der Waals surface area contributed by atoms with Crippen LogP contribution in [0.25, 0.3) is 0 Å². The van der Waals surface area contributed by atoms with Gasteiger partial charge in [-0.05, 0) is 0 Å². The van der Waals surface area contributed by atoms with E-state index >= 15 is 0 Å². The van der Waals surface area contributed by atoms with Crippen molar-refractivity contribution in [1.82, 2.24) is 0 Å². The average molecular weight is 1060 g/mol. The van der Waals surface area contributed by atoms with Gasteiger partial charge in [-0.25, -0.2) is 0 Å². The van der Waals surface area contributed by atoms with E-state index in [1.165, 1.54) is 0 Å². The van der Waals surface area contributed by atoms with Crippen molar-refractivity contribution < 1.29 is 206 Å². The molecule has 0 fully saturated rings. The first-order chi connectivity index (χ1) is 0. The van der Waals surface area contributed by atoms with Gasteiger partial charge in [-0.15, -0.1) is 0 Å². The molecule has 0 unspecified atom stereocenters. The quantitative estimate of drug-likeness (QED) is 0.269. The summed E-state index contributed by atoms with van der Waals surface area (Å²) in [4.78, 5) is 0. The van der Waals surface area contributed by atoms with Crippen LogP contribution in [0.15, 0.2) is 0 Å². The van der Waals surface area contributed by atoms with Crippen molar-refractivity contribution in [3.8, 4) is 0 Å². The Morgan fingerprint density at radius 1 is 0.176 bits per heavy atom. The zero-order valence-corrected chi connectivity index (χ0v) is 19.9. The normalized spacial score (nSPS) is 0. The van der Waals surface area contributed by atoms with E-state index in [9.17, 15) is 0 Å². The molecule has 0 saturated carbocycles. The zero-order chi connectivity index (χ0) is 0. The topological polar surface area (TPSA) is 342 Å². The van der Waals surface area contributed by atoms with Crippen molar-refractivity contribution in [2.24, 2.45) is 0 Å². The Balaban J connectivity index is 0. The average Bonchev–Trinajstić information content (AvgIpc) is 0. The Bertz CT molecular complexity index is 19.7. The number of hydrogen-bond acceptors (Lipinski definition) is 0. The van der Waals surface area contributed by atoms with Gasteiger partial charge in [-0.3, -0.25) is 0 Å². The molecule has 0 aromatic rings.